The molecular weight excluding hydrogens is 319 g/mol. The van der Waals surface area contributed by atoms with Crippen molar-refractivity contribution in [1.29, 1.82) is 0 Å². The number of alkyl halides is 3. The molecule has 0 amide bonds. The molecule has 0 atom stereocenters. The predicted octanol–water partition coefficient (Wildman–Crippen LogP) is 3.03. The van der Waals surface area contributed by atoms with Gasteiger partial charge in [0.15, 0.2) is 11.6 Å². The summed E-state index contributed by atoms with van der Waals surface area (Å²) in [6.07, 6.45) is -4.87. The molecule has 1 rings (SSSR count). The van der Waals surface area contributed by atoms with Gasteiger partial charge in [0.1, 0.15) is 5.75 Å². The lowest BCUT2D eigenvalue weighted by atomic mass is 10.3. The second-order valence-electron chi connectivity index (χ2n) is 2.28. The van der Waals surface area contributed by atoms with Crippen LogP contribution >= 0.6 is 22.6 Å². The van der Waals surface area contributed by atoms with E-state index >= 15 is 0 Å². The van der Waals surface area contributed by atoms with Gasteiger partial charge < -0.3 is 9.84 Å². The Morgan fingerprint density at radius 1 is 1.29 bits per heavy atom. The van der Waals surface area contributed by atoms with E-state index in [4.69, 9.17) is 5.11 Å². The molecule has 0 spiro atoms. The molecule has 0 unspecified atom stereocenters. The number of rotatable bonds is 1. The average molecular weight is 322 g/mol. The molecule has 0 aromatic heterocycles. The van der Waals surface area contributed by atoms with Gasteiger partial charge in [0.2, 0.25) is 0 Å². The molecule has 2 nitrogen and oxygen atoms in total. The van der Waals surface area contributed by atoms with Crippen LogP contribution in [0.15, 0.2) is 12.1 Å². The SMILES string of the molecule is Oc1c(F)cc(OC(F)(F)F)cc1I. The largest absolute Gasteiger partial charge is 0.573 e. The normalized spacial score (nSPS) is 11.5. The summed E-state index contributed by atoms with van der Waals surface area (Å²) in [6, 6.07) is 1.34. The van der Waals surface area contributed by atoms with E-state index in [0.29, 0.717) is 6.07 Å². The fraction of sp³-hybridized carbons (Fsp3) is 0.143. The molecule has 0 aliphatic rings. The lowest BCUT2D eigenvalue weighted by Gasteiger charge is -2.09. The molecular formula is C7H3F4IO2. The van der Waals surface area contributed by atoms with Gasteiger partial charge in [-0.3, -0.25) is 0 Å². The second-order valence-corrected chi connectivity index (χ2v) is 3.45. The Balaban J connectivity index is 3.02. The van der Waals surface area contributed by atoms with E-state index in [0.717, 1.165) is 6.07 Å². The Labute approximate surface area is 89.6 Å². The van der Waals surface area contributed by atoms with E-state index in [-0.39, 0.29) is 3.57 Å². The minimum Gasteiger partial charge on any atom is -0.504 e. The highest BCUT2D eigenvalue weighted by Gasteiger charge is 2.31. The van der Waals surface area contributed by atoms with Crippen molar-refractivity contribution in [3.63, 3.8) is 0 Å². The predicted molar refractivity (Wildman–Crippen MR) is 47.5 cm³/mol. The third-order valence-corrected chi connectivity index (χ3v) is 2.05. The first-order valence-corrected chi connectivity index (χ1v) is 4.31. The van der Waals surface area contributed by atoms with E-state index in [1.165, 1.54) is 22.6 Å². The maximum Gasteiger partial charge on any atom is 0.573 e. The summed E-state index contributed by atoms with van der Waals surface area (Å²) in [4.78, 5) is 0. The molecule has 0 heterocycles. The summed E-state index contributed by atoms with van der Waals surface area (Å²) in [6.45, 7) is 0. The van der Waals surface area contributed by atoms with Crippen molar-refractivity contribution in [2.45, 2.75) is 6.36 Å². The van der Waals surface area contributed by atoms with Gasteiger partial charge in [0.05, 0.1) is 3.57 Å². The van der Waals surface area contributed by atoms with Gasteiger partial charge in [-0.15, -0.1) is 13.2 Å². The van der Waals surface area contributed by atoms with Crippen LogP contribution in [0.3, 0.4) is 0 Å². The molecule has 0 radical (unpaired) electrons. The van der Waals surface area contributed by atoms with Crippen LogP contribution in [-0.4, -0.2) is 11.5 Å². The molecule has 1 aromatic rings. The number of phenols is 1. The molecule has 7 heteroatoms. The molecule has 14 heavy (non-hydrogen) atoms. The van der Waals surface area contributed by atoms with Crippen molar-refractivity contribution >= 4 is 22.6 Å². The van der Waals surface area contributed by atoms with Gasteiger partial charge in [0.25, 0.3) is 0 Å². The summed E-state index contributed by atoms with van der Waals surface area (Å²) < 4.78 is 51.2. The van der Waals surface area contributed by atoms with Gasteiger partial charge in [-0.25, -0.2) is 4.39 Å². The number of halogens is 5. The summed E-state index contributed by atoms with van der Waals surface area (Å²) in [5.41, 5.74) is 0. The van der Waals surface area contributed by atoms with Gasteiger partial charge >= 0.3 is 6.36 Å². The fourth-order valence-electron chi connectivity index (χ4n) is 0.735. The van der Waals surface area contributed by atoms with Crippen LogP contribution in [0.4, 0.5) is 17.6 Å². The number of ether oxygens (including phenoxy) is 1. The topological polar surface area (TPSA) is 29.5 Å². The third-order valence-electron chi connectivity index (χ3n) is 1.22. The lowest BCUT2D eigenvalue weighted by Crippen LogP contribution is -2.17. The zero-order valence-electron chi connectivity index (χ0n) is 6.40. The number of hydrogen-bond donors (Lipinski definition) is 1. The maximum atomic E-state index is 12.7. The van der Waals surface area contributed by atoms with E-state index in [1.807, 2.05) is 0 Å². The molecule has 0 saturated heterocycles. The first-order valence-electron chi connectivity index (χ1n) is 3.23. The minimum absolute atomic E-state index is 0.0538. The molecule has 1 N–H and O–H groups in total. The van der Waals surface area contributed by atoms with Crippen molar-refractivity contribution in [3.8, 4) is 11.5 Å². The van der Waals surface area contributed by atoms with E-state index in [9.17, 15) is 17.6 Å². The van der Waals surface area contributed by atoms with Gasteiger partial charge in [-0.05, 0) is 28.7 Å². The minimum atomic E-state index is -4.87. The van der Waals surface area contributed by atoms with Crippen LogP contribution in [0, 0.1) is 9.39 Å². The molecule has 1 aromatic carbocycles. The van der Waals surface area contributed by atoms with Gasteiger partial charge in [-0.1, -0.05) is 0 Å². The standard InChI is InChI=1S/C7H3F4IO2/c8-4-1-3(14-7(9,10)11)2-5(12)6(4)13/h1-2,13H. The Morgan fingerprint density at radius 3 is 2.29 bits per heavy atom. The highest BCUT2D eigenvalue weighted by Crippen LogP contribution is 2.31. The molecule has 78 valence electrons. The highest BCUT2D eigenvalue weighted by atomic mass is 127. The van der Waals surface area contributed by atoms with Crippen molar-refractivity contribution < 1.29 is 27.4 Å². The third kappa shape index (κ3) is 2.89. The van der Waals surface area contributed by atoms with Crippen LogP contribution in [-0.2, 0) is 0 Å². The number of hydrogen-bond acceptors (Lipinski definition) is 2. The molecule has 0 aliphatic carbocycles. The lowest BCUT2D eigenvalue weighted by molar-refractivity contribution is -0.274. The highest BCUT2D eigenvalue weighted by molar-refractivity contribution is 14.1. The van der Waals surface area contributed by atoms with Crippen molar-refractivity contribution in [2.24, 2.45) is 0 Å². The zero-order chi connectivity index (χ0) is 10.9. The van der Waals surface area contributed by atoms with Crippen LogP contribution in [0.2, 0.25) is 0 Å². The number of benzene rings is 1. The second kappa shape index (κ2) is 3.79. The first-order chi connectivity index (χ1) is 6.29. The first kappa shape index (κ1) is 11.3. The van der Waals surface area contributed by atoms with Crippen molar-refractivity contribution in [2.75, 3.05) is 0 Å². The van der Waals surface area contributed by atoms with Crippen LogP contribution in [0.1, 0.15) is 0 Å². The van der Waals surface area contributed by atoms with Gasteiger partial charge in [0, 0.05) is 6.07 Å². The average Bonchev–Trinajstić information content (AvgIpc) is 1.96. The Hall–Kier alpha value is -0.730. The monoisotopic (exact) mass is 322 g/mol. The molecule has 0 fully saturated rings. The number of phenolic OH excluding ortho intramolecular Hbond substituents is 1. The maximum absolute atomic E-state index is 12.7. The van der Waals surface area contributed by atoms with Crippen molar-refractivity contribution in [3.05, 3.63) is 21.5 Å². The molecule has 0 aliphatic heterocycles. The Bertz CT molecular complexity index is 327. The zero-order valence-corrected chi connectivity index (χ0v) is 8.56. The van der Waals surface area contributed by atoms with Crippen LogP contribution in [0.5, 0.6) is 11.5 Å². The fourth-order valence-corrected chi connectivity index (χ4v) is 1.30. The van der Waals surface area contributed by atoms with E-state index < -0.39 is 23.7 Å². The van der Waals surface area contributed by atoms with Crippen molar-refractivity contribution in [1.82, 2.24) is 0 Å². The van der Waals surface area contributed by atoms with Gasteiger partial charge in [-0.2, -0.15) is 0 Å². The summed E-state index contributed by atoms with van der Waals surface area (Å²) in [7, 11) is 0. The smallest absolute Gasteiger partial charge is 0.504 e. The van der Waals surface area contributed by atoms with Crippen LogP contribution < -0.4 is 4.74 Å². The summed E-state index contributed by atoms with van der Waals surface area (Å²) in [5, 5.41) is 8.91. The van der Waals surface area contributed by atoms with E-state index in [2.05, 4.69) is 4.74 Å². The Morgan fingerprint density at radius 2 is 1.86 bits per heavy atom. The Kier molecular flexibility index (Phi) is 3.07. The van der Waals surface area contributed by atoms with Crippen LogP contribution in [0.25, 0.3) is 0 Å². The summed E-state index contributed by atoms with van der Waals surface area (Å²) in [5.74, 6) is -2.55. The summed E-state index contributed by atoms with van der Waals surface area (Å²) >= 11 is 1.49. The molecule has 0 saturated carbocycles. The molecule has 0 bridgehead atoms. The number of aromatic hydroxyl groups is 1. The quantitative estimate of drug-likeness (QED) is 0.636. The van der Waals surface area contributed by atoms with E-state index in [1.54, 1.807) is 0 Å².